The van der Waals surface area contributed by atoms with Gasteiger partial charge in [0.25, 0.3) is 5.91 Å². The molecule has 0 saturated heterocycles. The van der Waals surface area contributed by atoms with E-state index in [-0.39, 0.29) is 5.82 Å². The van der Waals surface area contributed by atoms with Gasteiger partial charge in [0.05, 0.1) is 11.6 Å². The van der Waals surface area contributed by atoms with E-state index in [2.05, 4.69) is 11.4 Å². The topological polar surface area (TPSA) is 79.2 Å². The Morgan fingerprint density at radius 3 is 2.55 bits per heavy atom. The van der Waals surface area contributed by atoms with Crippen molar-refractivity contribution in [3.63, 3.8) is 0 Å². The number of carbonyl (C=O) groups excluding carboxylic acids is 2. The number of nitrogens with one attached hydrogen (secondary N) is 1. The number of halogens is 1. The molecule has 0 atom stereocenters. The smallest absolute Gasteiger partial charge is 0.339 e. The molecule has 1 amide bonds. The van der Waals surface area contributed by atoms with E-state index in [0.29, 0.717) is 34.6 Å². The zero-order valence-electron chi connectivity index (χ0n) is 15.8. The second-order valence-corrected chi connectivity index (χ2v) is 7.92. The summed E-state index contributed by atoms with van der Waals surface area (Å²) in [5, 5.41) is 12.0. The van der Waals surface area contributed by atoms with Gasteiger partial charge < -0.3 is 10.1 Å². The molecular formula is C22H21FN2O3S. The van der Waals surface area contributed by atoms with Crippen molar-refractivity contribution >= 4 is 23.6 Å². The van der Waals surface area contributed by atoms with Gasteiger partial charge in [-0.05, 0) is 49.4 Å². The van der Waals surface area contributed by atoms with Crippen molar-refractivity contribution in [3.05, 3.63) is 65.5 Å². The highest BCUT2D eigenvalue weighted by Crippen LogP contribution is 2.29. The number of hydrogen-bond donors (Lipinski definition) is 1. The monoisotopic (exact) mass is 412 g/mol. The lowest BCUT2D eigenvalue weighted by molar-refractivity contribution is -0.125. The van der Waals surface area contributed by atoms with Crippen LogP contribution in [-0.4, -0.2) is 24.0 Å². The number of carbonyl (C=O) groups is 2. The Morgan fingerprint density at radius 1 is 1.14 bits per heavy atom. The molecule has 3 rings (SSSR count). The normalized spacial score (nSPS) is 14.8. The zero-order valence-corrected chi connectivity index (χ0v) is 16.6. The van der Waals surface area contributed by atoms with Crippen LogP contribution in [0.3, 0.4) is 0 Å². The molecule has 0 radical (unpaired) electrons. The highest BCUT2D eigenvalue weighted by molar-refractivity contribution is 7.98. The van der Waals surface area contributed by atoms with E-state index in [9.17, 15) is 19.2 Å². The molecule has 7 heteroatoms. The van der Waals surface area contributed by atoms with Crippen LogP contribution in [-0.2, 0) is 15.3 Å². The second kappa shape index (κ2) is 9.57. The van der Waals surface area contributed by atoms with E-state index in [1.54, 1.807) is 42.5 Å². The first-order valence-electron chi connectivity index (χ1n) is 9.38. The Hall–Kier alpha value is -2.85. The van der Waals surface area contributed by atoms with E-state index in [0.717, 1.165) is 12.8 Å². The summed E-state index contributed by atoms with van der Waals surface area (Å²) in [7, 11) is 0. The number of amides is 1. The van der Waals surface area contributed by atoms with Gasteiger partial charge in [0.1, 0.15) is 11.4 Å². The molecule has 1 saturated carbocycles. The highest BCUT2D eigenvalue weighted by Gasteiger charge is 2.35. The van der Waals surface area contributed by atoms with E-state index >= 15 is 0 Å². The average Bonchev–Trinajstić information content (AvgIpc) is 3.20. The minimum atomic E-state index is -0.850. The molecule has 2 aromatic rings. The standard InChI is InChI=1S/C22H21FN2O3S/c23-18-9-3-1-7-16(18)14-29-19-10-4-2-8-17(19)21(27)28-13-20(26)25-22(15-24)11-5-6-12-22/h1-4,7-10H,5-6,11-14H2,(H,25,26). The third-order valence-electron chi connectivity index (χ3n) is 4.83. The van der Waals surface area contributed by atoms with Crippen molar-refractivity contribution in [2.45, 2.75) is 41.9 Å². The van der Waals surface area contributed by atoms with Crippen molar-refractivity contribution in [2.75, 3.05) is 6.61 Å². The fourth-order valence-electron chi connectivity index (χ4n) is 3.29. The minimum absolute atomic E-state index is 0.296. The average molecular weight is 412 g/mol. The molecule has 0 heterocycles. The molecule has 1 aliphatic carbocycles. The summed E-state index contributed by atoms with van der Waals surface area (Å²) in [6.07, 6.45) is 3.00. The lowest BCUT2D eigenvalue weighted by atomic mass is 10.00. The SMILES string of the molecule is N#CC1(NC(=O)COC(=O)c2ccccc2SCc2ccccc2F)CCCC1. The molecule has 0 aliphatic heterocycles. The number of esters is 1. The van der Waals surface area contributed by atoms with E-state index in [1.807, 2.05) is 0 Å². The molecule has 1 aliphatic rings. The van der Waals surface area contributed by atoms with Gasteiger partial charge in [-0.2, -0.15) is 5.26 Å². The van der Waals surface area contributed by atoms with E-state index in [4.69, 9.17) is 4.74 Å². The first-order chi connectivity index (χ1) is 14.0. The maximum atomic E-state index is 13.8. The summed E-state index contributed by atoms with van der Waals surface area (Å²) in [5.74, 6) is -1.05. The number of nitriles is 1. The third kappa shape index (κ3) is 5.36. The lowest BCUT2D eigenvalue weighted by Gasteiger charge is -2.21. The van der Waals surface area contributed by atoms with Crippen molar-refractivity contribution in [1.29, 1.82) is 5.26 Å². The summed E-state index contributed by atoms with van der Waals surface area (Å²) < 4.78 is 19.0. The minimum Gasteiger partial charge on any atom is -0.452 e. The second-order valence-electron chi connectivity index (χ2n) is 6.90. The third-order valence-corrected chi connectivity index (χ3v) is 5.95. The zero-order chi connectivity index (χ0) is 20.7. The first-order valence-corrected chi connectivity index (χ1v) is 10.4. The molecule has 0 spiro atoms. The molecule has 0 unspecified atom stereocenters. The van der Waals surface area contributed by atoms with Gasteiger partial charge in [0.15, 0.2) is 6.61 Å². The lowest BCUT2D eigenvalue weighted by Crippen LogP contribution is -2.46. The molecule has 1 N–H and O–H groups in total. The van der Waals surface area contributed by atoms with Crippen LogP contribution in [0.2, 0.25) is 0 Å². The van der Waals surface area contributed by atoms with Gasteiger partial charge in [0, 0.05) is 10.6 Å². The Kier molecular flexibility index (Phi) is 6.89. The molecule has 1 fully saturated rings. The Balaban J connectivity index is 1.59. The van der Waals surface area contributed by atoms with Gasteiger partial charge in [-0.15, -0.1) is 11.8 Å². The summed E-state index contributed by atoms with van der Waals surface area (Å²) in [6.45, 7) is -0.450. The summed E-state index contributed by atoms with van der Waals surface area (Å²) in [5.41, 5.74) is 0.00714. The van der Waals surface area contributed by atoms with Crippen LogP contribution in [0.15, 0.2) is 53.4 Å². The Labute approximate surface area is 173 Å². The number of thioether (sulfide) groups is 1. The van der Waals surface area contributed by atoms with Crippen LogP contribution in [0.25, 0.3) is 0 Å². The number of rotatable bonds is 7. The summed E-state index contributed by atoms with van der Waals surface area (Å²) in [6, 6.07) is 15.5. The molecule has 0 aromatic heterocycles. The van der Waals surface area contributed by atoms with Crippen molar-refractivity contribution in [1.82, 2.24) is 5.32 Å². The van der Waals surface area contributed by atoms with Gasteiger partial charge in [-0.3, -0.25) is 4.79 Å². The Morgan fingerprint density at radius 2 is 1.83 bits per heavy atom. The van der Waals surface area contributed by atoms with Crippen LogP contribution in [0.4, 0.5) is 4.39 Å². The van der Waals surface area contributed by atoms with Crippen LogP contribution in [0.5, 0.6) is 0 Å². The van der Waals surface area contributed by atoms with E-state index < -0.39 is 24.0 Å². The number of benzene rings is 2. The number of nitrogens with zero attached hydrogens (tertiary/aromatic N) is 1. The van der Waals surface area contributed by atoms with Gasteiger partial charge in [-0.1, -0.05) is 30.3 Å². The largest absolute Gasteiger partial charge is 0.452 e. The number of ether oxygens (including phenoxy) is 1. The fourth-order valence-corrected chi connectivity index (χ4v) is 4.31. The van der Waals surface area contributed by atoms with E-state index in [1.165, 1.54) is 17.8 Å². The maximum Gasteiger partial charge on any atom is 0.339 e. The first kappa shape index (κ1) is 20.9. The molecule has 29 heavy (non-hydrogen) atoms. The van der Waals surface area contributed by atoms with Gasteiger partial charge >= 0.3 is 5.97 Å². The molecule has 150 valence electrons. The van der Waals surface area contributed by atoms with Gasteiger partial charge in [-0.25, -0.2) is 9.18 Å². The van der Waals surface area contributed by atoms with Crippen LogP contribution < -0.4 is 5.32 Å². The summed E-state index contributed by atoms with van der Waals surface area (Å²) >= 11 is 1.32. The molecule has 5 nitrogen and oxygen atoms in total. The van der Waals surface area contributed by atoms with Crippen LogP contribution >= 0.6 is 11.8 Å². The predicted octanol–water partition coefficient (Wildman–Crippen LogP) is 4.23. The highest BCUT2D eigenvalue weighted by atomic mass is 32.2. The molecule has 2 aromatic carbocycles. The van der Waals surface area contributed by atoms with Gasteiger partial charge in [0.2, 0.25) is 0 Å². The van der Waals surface area contributed by atoms with Crippen LogP contribution in [0.1, 0.15) is 41.6 Å². The summed E-state index contributed by atoms with van der Waals surface area (Å²) in [4.78, 5) is 25.3. The van der Waals surface area contributed by atoms with Crippen molar-refractivity contribution in [2.24, 2.45) is 0 Å². The maximum absolute atomic E-state index is 13.8. The quantitative estimate of drug-likeness (QED) is 0.544. The molecular weight excluding hydrogens is 391 g/mol. The van der Waals surface area contributed by atoms with Crippen molar-refractivity contribution in [3.8, 4) is 6.07 Å². The predicted molar refractivity (Wildman–Crippen MR) is 108 cm³/mol. The fraction of sp³-hybridized carbons (Fsp3) is 0.318. The Bertz CT molecular complexity index is 936. The van der Waals surface area contributed by atoms with Crippen LogP contribution in [0, 0.1) is 17.1 Å². The van der Waals surface area contributed by atoms with Crippen molar-refractivity contribution < 1.29 is 18.7 Å². The number of hydrogen-bond acceptors (Lipinski definition) is 5. The molecule has 0 bridgehead atoms.